The van der Waals surface area contributed by atoms with Crippen molar-refractivity contribution in [1.82, 2.24) is 5.32 Å². The number of ether oxygens (including phenoxy) is 2. The molecule has 1 aromatic carbocycles. The second-order valence-electron chi connectivity index (χ2n) is 5.84. The molecule has 120 valence electrons. The zero-order valence-corrected chi connectivity index (χ0v) is 13.5. The number of carbonyl (C=O) groups is 2. The van der Waals surface area contributed by atoms with Gasteiger partial charge in [0.2, 0.25) is 0 Å². The highest BCUT2D eigenvalue weighted by Gasteiger charge is 2.27. The second kappa shape index (κ2) is 7.64. The van der Waals surface area contributed by atoms with Gasteiger partial charge in [0.05, 0.1) is 6.04 Å². The molecule has 0 aliphatic rings. The van der Waals surface area contributed by atoms with Gasteiger partial charge in [-0.05, 0) is 32.4 Å². The fourth-order valence-electron chi connectivity index (χ4n) is 1.89. The quantitative estimate of drug-likeness (QED) is 0.669. The summed E-state index contributed by atoms with van der Waals surface area (Å²) in [7, 11) is 0. The van der Waals surface area contributed by atoms with Crippen LogP contribution in [0.2, 0.25) is 0 Å². The van der Waals surface area contributed by atoms with E-state index >= 15 is 0 Å². The summed E-state index contributed by atoms with van der Waals surface area (Å²) in [6, 6.07) is 8.64. The average Bonchev–Trinajstić information content (AvgIpc) is 2.41. The summed E-state index contributed by atoms with van der Waals surface area (Å²) in [5, 5.41) is 2.74. The number of benzene rings is 1. The van der Waals surface area contributed by atoms with Crippen molar-refractivity contribution in [3.63, 3.8) is 0 Å². The normalized spacial score (nSPS) is 13.6. The maximum absolute atomic E-state index is 12.0. The van der Waals surface area contributed by atoms with Crippen LogP contribution in [-0.4, -0.2) is 23.8 Å². The number of nitrogens with one attached hydrogen (secondary N) is 1. The molecule has 1 aromatic rings. The largest absolute Gasteiger partial charge is 0.456 e. The minimum atomic E-state index is -0.688. The SMILES string of the molecule is C=C[C@@H](OC(C)=O)[C@H](NC(=O)OC(C)(C)C)c1ccccc1. The zero-order valence-electron chi connectivity index (χ0n) is 13.5. The van der Waals surface area contributed by atoms with Gasteiger partial charge in [0.15, 0.2) is 0 Å². The second-order valence-corrected chi connectivity index (χ2v) is 5.84. The Morgan fingerprint density at radius 3 is 2.27 bits per heavy atom. The average molecular weight is 305 g/mol. The summed E-state index contributed by atoms with van der Waals surface area (Å²) in [5.74, 6) is -0.447. The number of carbonyl (C=O) groups excluding carboxylic acids is 2. The van der Waals surface area contributed by atoms with Gasteiger partial charge in [0, 0.05) is 6.92 Å². The maximum Gasteiger partial charge on any atom is 0.408 e. The lowest BCUT2D eigenvalue weighted by Gasteiger charge is -2.27. The molecule has 0 bridgehead atoms. The first-order valence-corrected chi connectivity index (χ1v) is 7.07. The Bertz CT molecular complexity index is 519. The number of rotatable bonds is 5. The monoisotopic (exact) mass is 305 g/mol. The van der Waals surface area contributed by atoms with Crippen molar-refractivity contribution in [3.05, 3.63) is 48.6 Å². The Morgan fingerprint density at radius 1 is 1.23 bits per heavy atom. The van der Waals surface area contributed by atoms with Crippen LogP contribution >= 0.6 is 0 Å². The molecule has 0 aromatic heterocycles. The molecule has 0 aliphatic carbocycles. The van der Waals surface area contributed by atoms with Crippen LogP contribution in [0.25, 0.3) is 0 Å². The molecule has 0 aliphatic heterocycles. The third-order valence-electron chi connectivity index (χ3n) is 2.69. The third kappa shape index (κ3) is 5.99. The molecular weight excluding hydrogens is 282 g/mol. The Hall–Kier alpha value is -2.30. The van der Waals surface area contributed by atoms with E-state index in [-0.39, 0.29) is 0 Å². The van der Waals surface area contributed by atoms with Gasteiger partial charge >= 0.3 is 12.1 Å². The lowest BCUT2D eigenvalue weighted by Crippen LogP contribution is -2.40. The Balaban J connectivity index is 2.98. The van der Waals surface area contributed by atoms with E-state index in [0.717, 1.165) is 5.56 Å². The highest BCUT2D eigenvalue weighted by Crippen LogP contribution is 2.21. The van der Waals surface area contributed by atoms with Gasteiger partial charge in [-0.3, -0.25) is 4.79 Å². The van der Waals surface area contributed by atoms with Gasteiger partial charge in [-0.15, -0.1) is 0 Å². The van der Waals surface area contributed by atoms with E-state index in [4.69, 9.17) is 9.47 Å². The topological polar surface area (TPSA) is 64.6 Å². The molecule has 0 fully saturated rings. The van der Waals surface area contributed by atoms with Crippen LogP contribution in [0.15, 0.2) is 43.0 Å². The zero-order chi connectivity index (χ0) is 16.8. The standard InChI is InChI=1S/C17H23NO4/c1-6-14(21-12(2)19)15(13-10-8-7-9-11-13)18-16(20)22-17(3,4)5/h6-11,14-15H,1H2,2-5H3,(H,18,20)/t14-,15-/m1/s1. The molecule has 0 spiro atoms. The first-order chi connectivity index (χ1) is 10.2. The number of alkyl carbamates (subject to hydrolysis) is 1. The Labute approximate surface area is 131 Å². The molecule has 1 amide bonds. The van der Waals surface area contributed by atoms with E-state index in [2.05, 4.69) is 11.9 Å². The molecule has 0 radical (unpaired) electrons. The van der Waals surface area contributed by atoms with Crippen molar-refractivity contribution in [3.8, 4) is 0 Å². The van der Waals surface area contributed by atoms with Crippen LogP contribution < -0.4 is 5.32 Å². The predicted molar refractivity (Wildman–Crippen MR) is 84.3 cm³/mol. The molecule has 0 heterocycles. The number of hydrogen-bond donors (Lipinski definition) is 1. The van der Waals surface area contributed by atoms with E-state index in [1.165, 1.54) is 13.0 Å². The van der Waals surface area contributed by atoms with E-state index < -0.39 is 29.8 Å². The molecule has 0 saturated heterocycles. The summed E-state index contributed by atoms with van der Waals surface area (Å²) >= 11 is 0. The van der Waals surface area contributed by atoms with Crippen LogP contribution in [0.5, 0.6) is 0 Å². The van der Waals surface area contributed by atoms with Gasteiger partial charge in [-0.1, -0.05) is 36.9 Å². The molecule has 22 heavy (non-hydrogen) atoms. The summed E-state index contributed by atoms with van der Waals surface area (Å²) in [6.45, 7) is 10.3. The van der Waals surface area contributed by atoms with Crippen molar-refractivity contribution >= 4 is 12.1 Å². The molecule has 0 unspecified atom stereocenters. The van der Waals surface area contributed by atoms with Crippen molar-refractivity contribution in [2.75, 3.05) is 0 Å². The highest BCUT2D eigenvalue weighted by molar-refractivity contribution is 5.69. The van der Waals surface area contributed by atoms with Gasteiger partial charge in [-0.25, -0.2) is 4.79 Å². The predicted octanol–water partition coefficient (Wildman–Crippen LogP) is 3.37. The highest BCUT2D eigenvalue weighted by atomic mass is 16.6. The molecule has 5 heteroatoms. The van der Waals surface area contributed by atoms with Crippen LogP contribution in [0.3, 0.4) is 0 Å². The van der Waals surface area contributed by atoms with Crippen LogP contribution in [0.4, 0.5) is 4.79 Å². The molecule has 5 nitrogen and oxygen atoms in total. The van der Waals surface area contributed by atoms with E-state index in [1.54, 1.807) is 20.8 Å². The number of hydrogen-bond acceptors (Lipinski definition) is 4. The minimum Gasteiger partial charge on any atom is -0.456 e. The number of amides is 1. The minimum absolute atomic E-state index is 0.447. The lowest BCUT2D eigenvalue weighted by molar-refractivity contribution is -0.145. The summed E-state index contributed by atoms with van der Waals surface area (Å²) in [4.78, 5) is 23.3. The van der Waals surface area contributed by atoms with E-state index in [9.17, 15) is 9.59 Å². The lowest BCUT2D eigenvalue weighted by atomic mass is 10.0. The third-order valence-corrected chi connectivity index (χ3v) is 2.69. The van der Waals surface area contributed by atoms with E-state index in [1.807, 2.05) is 30.3 Å². The van der Waals surface area contributed by atoms with Crippen LogP contribution in [0.1, 0.15) is 39.3 Å². The van der Waals surface area contributed by atoms with Crippen molar-refractivity contribution in [2.45, 2.75) is 45.4 Å². The molecular formula is C17H23NO4. The summed E-state index contributed by atoms with van der Waals surface area (Å²) in [6.07, 6.45) is 0.212. The van der Waals surface area contributed by atoms with Crippen molar-refractivity contribution in [1.29, 1.82) is 0 Å². The molecule has 2 atom stereocenters. The van der Waals surface area contributed by atoms with Crippen molar-refractivity contribution < 1.29 is 19.1 Å². The van der Waals surface area contributed by atoms with Crippen LogP contribution in [-0.2, 0) is 14.3 Å². The van der Waals surface area contributed by atoms with Crippen LogP contribution in [0, 0.1) is 0 Å². The van der Waals surface area contributed by atoms with Gasteiger partial charge in [0.1, 0.15) is 11.7 Å². The van der Waals surface area contributed by atoms with Gasteiger partial charge in [0.25, 0.3) is 0 Å². The Morgan fingerprint density at radius 2 is 1.82 bits per heavy atom. The van der Waals surface area contributed by atoms with E-state index in [0.29, 0.717) is 0 Å². The maximum atomic E-state index is 12.0. The first kappa shape index (κ1) is 17.8. The fourth-order valence-corrected chi connectivity index (χ4v) is 1.89. The van der Waals surface area contributed by atoms with Gasteiger partial charge < -0.3 is 14.8 Å². The summed E-state index contributed by atoms with van der Waals surface area (Å²) < 4.78 is 10.5. The van der Waals surface area contributed by atoms with Gasteiger partial charge in [-0.2, -0.15) is 0 Å². The molecule has 1 N–H and O–H groups in total. The fraction of sp³-hybridized carbons (Fsp3) is 0.412. The number of esters is 1. The molecule has 0 saturated carbocycles. The smallest absolute Gasteiger partial charge is 0.408 e. The molecule has 1 rings (SSSR count). The first-order valence-electron chi connectivity index (χ1n) is 7.07. The Kier molecular flexibility index (Phi) is 6.16. The van der Waals surface area contributed by atoms with Crippen molar-refractivity contribution in [2.24, 2.45) is 0 Å². The summed E-state index contributed by atoms with van der Waals surface area (Å²) in [5.41, 5.74) is 0.177.